The Morgan fingerprint density at radius 3 is 2.79 bits per heavy atom. The number of hydrogen-bond donors (Lipinski definition) is 2. The minimum atomic E-state index is -0.193. The first kappa shape index (κ1) is 18.4. The third-order valence-electron chi connectivity index (χ3n) is 3.09. The zero-order valence-corrected chi connectivity index (χ0v) is 15.7. The Morgan fingerprint density at radius 2 is 2.08 bits per heavy atom. The highest BCUT2D eigenvalue weighted by molar-refractivity contribution is 9.10. The second kappa shape index (κ2) is 8.80. The van der Waals surface area contributed by atoms with Crippen LogP contribution in [0.4, 0.5) is 11.4 Å². The number of hydrogen-bond acceptors (Lipinski definition) is 4. The molecule has 0 unspecified atom stereocenters. The van der Waals surface area contributed by atoms with Crippen molar-refractivity contribution in [1.29, 1.82) is 0 Å². The maximum absolute atomic E-state index is 12.1. The van der Waals surface area contributed by atoms with Gasteiger partial charge in [-0.1, -0.05) is 17.7 Å². The Kier molecular flexibility index (Phi) is 6.75. The standard InChI is InChI=1S/C17H18BrClN2O3/c1-3-24-17-14(18)7-11(19)8-15(17)20-10-16(22)21-12-5-4-6-13(9-12)23-2/h4-9,20H,3,10H2,1-2H3,(H,21,22). The molecule has 2 rings (SSSR count). The highest BCUT2D eigenvalue weighted by Gasteiger charge is 2.11. The van der Waals surface area contributed by atoms with Crippen LogP contribution < -0.4 is 20.1 Å². The van der Waals surface area contributed by atoms with E-state index in [1.807, 2.05) is 19.1 Å². The maximum Gasteiger partial charge on any atom is 0.243 e. The molecule has 0 aliphatic carbocycles. The van der Waals surface area contributed by atoms with Crippen LogP contribution in [0, 0.1) is 0 Å². The zero-order valence-electron chi connectivity index (χ0n) is 13.4. The normalized spacial score (nSPS) is 10.2. The van der Waals surface area contributed by atoms with Crippen LogP contribution >= 0.6 is 27.5 Å². The molecule has 0 aromatic heterocycles. The molecule has 24 heavy (non-hydrogen) atoms. The van der Waals surface area contributed by atoms with Gasteiger partial charge in [-0.3, -0.25) is 4.79 Å². The number of nitrogens with one attached hydrogen (secondary N) is 2. The second-order valence-corrected chi connectivity index (χ2v) is 6.12. The molecule has 7 heteroatoms. The van der Waals surface area contributed by atoms with E-state index in [9.17, 15) is 4.79 Å². The van der Waals surface area contributed by atoms with E-state index in [4.69, 9.17) is 21.1 Å². The summed E-state index contributed by atoms with van der Waals surface area (Å²) >= 11 is 9.47. The van der Waals surface area contributed by atoms with Gasteiger partial charge in [-0.25, -0.2) is 0 Å². The second-order valence-electron chi connectivity index (χ2n) is 4.83. The summed E-state index contributed by atoms with van der Waals surface area (Å²) in [5.41, 5.74) is 1.32. The van der Waals surface area contributed by atoms with Gasteiger partial charge in [0, 0.05) is 16.8 Å². The fourth-order valence-electron chi connectivity index (χ4n) is 2.06. The van der Waals surface area contributed by atoms with Crippen LogP contribution in [-0.2, 0) is 4.79 Å². The highest BCUT2D eigenvalue weighted by atomic mass is 79.9. The summed E-state index contributed by atoms with van der Waals surface area (Å²) in [5, 5.41) is 6.39. The van der Waals surface area contributed by atoms with E-state index in [1.165, 1.54) is 0 Å². The number of halogens is 2. The van der Waals surface area contributed by atoms with E-state index >= 15 is 0 Å². The lowest BCUT2D eigenvalue weighted by atomic mass is 10.2. The van der Waals surface area contributed by atoms with Crippen molar-refractivity contribution in [2.24, 2.45) is 0 Å². The van der Waals surface area contributed by atoms with Crippen molar-refractivity contribution in [2.45, 2.75) is 6.92 Å². The Labute approximate surface area is 154 Å². The van der Waals surface area contributed by atoms with E-state index in [-0.39, 0.29) is 12.5 Å². The lowest BCUT2D eigenvalue weighted by molar-refractivity contribution is -0.114. The van der Waals surface area contributed by atoms with Gasteiger partial charge in [0.2, 0.25) is 5.91 Å². The molecule has 0 aliphatic rings. The van der Waals surface area contributed by atoms with Crippen LogP contribution in [-0.4, -0.2) is 26.2 Å². The quantitative estimate of drug-likeness (QED) is 0.698. The van der Waals surface area contributed by atoms with Crippen LogP contribution in [0.15, 0.2) is 40.9 Å². The van der Waals surface area contributed by atoms with Gasteiger partial charge in [0.25, 0.3) is 0 Å². The maximum atomic E-state index is 12.1. The van der Waals surface area contributed by atoms with Crippen molar-refractivity contribution in [3.05, 3.63) is 45.9 Å². The summed E-state index contributed by atoms with van der Waals surface area (Å²) in [7, 11) is 1.58. The molecule has 0 saturated heterocycles. The Bertz CT molecular complexity index is 725. The van der Waals surface area contributed by atoms with E-state index in [0.29, 0.717) is 34.5 Å². The average Bonchev–Trinajstić information content (AvgIpc) is 2.56. The number of anilines is 2. The van der Waals surface area contributed by atoms with Crippen molar-refractivity contribution < 1.29 is 14.3 Å². The van der Waals surface area contributed by atoms with Gasteiger partial charge in [0.15, 0.2) is 5.75 Å². The van der Waals surface area contributed by atoms with Crippen molar-refractivity contribution in [2.75, 3.05) is 30.9 Å². The molecule has 2 aromatic rings. The fraction of sp³-hybridized carbons (Fsp3) is 0.235. The topological polar surface area (TPSA) is 59.6 Å². The van der Waals surface area contributed by atoms with Gasteiger partial charge in [-0.15, -0.1) is 0 Å². The zero-order chi connectivity index (χ0) is 17.5. The molecular weight excluding hydrogens is 396 g/mol. The first-order valence-electron chi connectivity index (χ1n) is 7.33. The van der Waals surface area contributed by atoms with Crippen molar-refractivity contribution in [3.63, 3.8) is 0 Å². The minimum Gasteiger partial charge on any atom is -0.497 e. The Hall–Kier alpha value is -1.92. The predicted molar refractivity (Wildman–Crippen MR) is 100 cm³/mol. The molecule has 0 spiro atoms. The average molecular weight is 414 g/mol. The van der Waals surface area contributed by atoms with Crippen LogP contribution in [0.5, 0.6) is 11.5 Å². The molecule has 2 N–H and O–H groups in total. The number of benzene rings is 2. The molecule has 0 heterocycles. The van der Waals surface area contributed by atoms with Gasteiger partial charge in [0.05, 0.1) is 30.4 Å². The van der Waals surface area contributed by atoms with E-state index in [1.54, 1.807) is 31.4 Å². The van der Waals surface area contributed by atoms with Crippen LogP contribution in [0.25, 0.3) is 0 Å². The molecule has 2 aromatic carbocycles. The molecular formula is C17H18BrClN2O3. The first-order chi connectivity index (χ1) is 11.5. The van der Waals surface area contributed by atoms with Gasteiger partial charge in [-0.05, 0) is 47.1 Å². The van der Waals surface area contributed by atoms with Crippen molar-refractivity contribution in [1.82, 2.24) is 0 Å². The molecule has 5 nitrogen and oxygen atoms in total. The highest BCUT2D eigenvalue weighted by Crippen LogP contribution is 2.36. The summed E-state index contributed by atoms with van der Waals surface area (Å²) in [6.45, 7) is 2.47. The third kappa shape index (κ3) is 5.04. The molecule has 0 atom stereocenters. The number of rotatable bonds is 7. The molecule has 1 amide bonds. The molecule has 0 aliphatic heterocycles. The van der Waals surface area contributed by atoms with Crippen LogP contribution in [0.1, 0.15) is 6.92 Å². The van der Waals surface area contributed by atoms with Gasteiger partial charge in [0.1, 0.15) is 5.75 Å². The van der Waals surface area contributed by atoms with Crippen LogP contribution in [0.2, 0.25) is 5.02 Å². The van der Waals surface area contributed by atoms with E-state index < -0.39 is 0 Å². The van der Waals surface area contributed by atoms with Gasteiger partial charge in [-0.2, -0.15) is 0 Å². The lowest BCUT2D eigenvalue weighted by Crippen LogP contribution is -2.22. The largest absolute Gasteiger partial charge is 0.497 e. The van der Waals surface area contributed by atoms with E-state index in [0.717, 1.165) is 4.47 Å². The number of amides is 1. The van der Waals surface area contributed by atoms with Crippen molar-refractivity contribution in [3.8, 4) is 11.5 Å². The molecule has 0 fully saturated rings. The van der Waals surface area contributed by atoms with Gasteiger partial charge < -0.3 is 20.1 Å². The van der Waals surface area contributed by atoms with Crippen molar-refractivity contribution >= 4 is 44.8 Å². The molecule has 0 bridgehead atoms. The SMILES string of the molecule is CCOc1c(Br)cc(Cl)cc1NCC(=O)Nc1cccc(OC)c1. The monoisotopic (exact) mass is 412 g/mol. The van der Waals surface area contributed by atoms with E-state index in [2.05, 4.69) is 26.6 Å². The number of carbonyl (C=O) groups excluding carboxylic acids is 1. The lowest BCUT2D eigenvalue weighted by Gasteiger charge is -2.14. The Morgan fingerprint density at radius 1 is 1.29 bits per heavy atom. The summed E-state index contributed by atoms with van der Waals surface area (Å²) in [5.74, 6) is 1.11. The smallest absolute Gasteiger partial charge is 0.243 e. The minimum absolute atomic E-state index is 0.0735. The molecule has 0 saturated carbocycles. The summed E-state index contributed by atoms with van der Waals surface area (Å²) in [6.07, 6.45) is 0. The number of methoxy groups -OCH3 is 1. The first-order valence-corrected chi connectivity index (χ1v) is 8.50. The predicted octanol–water partition coefficient (Wildman–Crippen LogP) is 4.56. The fourth-order valence-corrected chi connectivity index (χ4v) is 2.99. The third-order valence-corrected chi connectivity index (χ3v) is 3.90. The van der Waals surface area contributed by atoms with Crippen LogP contribution in [0.3, 0.4) is 0 Å². The summed E-state index contributed by atoms with van der Waals surface area (Å²) in [4.78, 5) is 12.1. The summed E-state index contributed by atoms with van der Waals surface area (Å²) < 4.78 is 11.4. The Balaban J connectivity index is 2.03. The molecule has 0 radical (unpaired) electrons. The number of carbonyl (C=O) groups is 1. The molecule has 128 valence electrons. The number of ether oxygens (including phenoxy) is 2. The summed E-state index contributed by atoms with van der Waals surface area (Å²) in [6, 6.07) is 10.6. The van der Waals surface area contributed by atoms with Gasteiger partial charge >= 0.3 is 0 Å².